The monoisotopic (exact) mass is 129 g/mol. The molecule has 0 rings (SSSR count). The van der Waals surface area contributed by atoms with Crippen molar-refractivity contribution in [3.63, 3.8) is 0 Å². The van der Waals surface area contributed by atoms with Crippen LogP contribution in [0.5, 0.6) is 0 Å². The van der Waals surface area contributed by atoms with E-state index in [1.807, 2.05) is 0 Å². The molecule has 0 unspecified atom stereocenters. The highest BCUT2D eigenvalue weighted by molar-refractivity contribution is 6.40. The molecule has 0 heterocycles. The highest BCUT2D eigenvalue weighted by Gasteiger charge is 2.04. The van der Waals surface area contributed by atoms with Crippen LogP contribution in [0.3, 0.4) is 0 Å². The van der Waals surface area contributed by atoms with Crippen LogP contribution in [0.1, 0.15) is 13.3 Å². The average molecular weight is 129 g/mol. The topological polar surface area (TPSA) is 49.7 Å². The number of aliphatic hydroxyl groups excluding tert-OH is 1. The molecule has 0 aromatic rings. The largest absolute Gasteiger partial charge is 0.390 e. The average Bonchev–Trinajstić information content (AvgIpc) is 1.90. The van der Waals surface area contributed by atoms with Crippen molar-refractivity contribution in [2.24, 2.45) is 4.99 Å². The van der Waals surface area contributed by atoms with Crippen LogP contribution in [-0.2, 0) is 4.79 Å². The first kappa shape index (κ1) is 8.30. The Morgan fingerprint density at radius 3 is 2.33 bits per heavy atom. The van der Waals surface area contributed by atoms with E-state index in [4.69, 9.17) is 5.11 Å². The zero-order valence-corrected chi connectivity index (χ0v) is 5.72. The minimum atomic E-state index is -0.247. The second-order valence-electron chi connectivity index (χ2n) is 1.61. The predicted octanol–water partition coefficient (Wildman–Crippen LogP) is 0.0286. The van der Waals surface area contributed by atoms with Gasteiger partial charge in [-0.05, 0) is 0 Å². The third-order valence-electron chi connectivity index (χ3n) is 1.06. The fourth-order valence-electron chi connectivity index (χ4n) is 0.488. The zero-order valence-electron chi connectivity index (χ0n) is 5.72. The lowest BCUT2D eigenvalue weighted by atomic mass is 10.2. The van der Waals surface area contributed by atoms with Gasteiger partial charge in [0, 0.05) is 13.5 Å². The molecule has 0 aliphatic heterocycles. The minimum Gasteiger partial charge on any atom is -0.390 e. The van der Waals surface area contributed by atoms with E-state index in [1.165, 1.54) is 7.05 Å². The number of rotatable bonds is 3. The number of nitrogens with zero attached hydrogens (tertiary/aromatic N) is 1. The maximum absolute atomic E-state index is 10.7. The normalized spacial score (nSPS) is 11.7. The molecule has 0 aliphatic rings. The molecule has 1 N–H and O–H groups in total. The van der Waals surface area contributed by atoms with Crippen molar-refractivity contribution < 1.29 is 9.90 Å². The van der Waals surface area contributed by atoms with Gasteiger partial charge in [0.2, 0.25) is 0 Å². The lowest BCUT2D eigenvalue weighted by molar-refractivity contribution is -0.112. The number of carbonyl (C=O) groups is 1. The van der Waals surface area contributed by atoms with Crippen LogP contribution in [0, 0.1) is 0 Å². The SMILES string of the molecule is CCC(=O)C(CO)=NC. The second-order valence-corrected chi connectivity index (χ2v) is 1.61. The van der Waals surface area contributed by atoms with Gasteiger partial charge < -0.3 is 5.11 Å². The molecule has 9 heavy (non-hydrogen) atoms. The van der Waals surface area contributed by atoms with E-state index in [2.05, 4.69) is 4.99 Å². The van der Waals surface area contributed by atoms with Gasteiger partial charge in [0.15, 0.2) is 5.78 Å². The maximum atomic E-state index is 10.7. The van der Waals surface area contributed by atoms with E-state index in [0.717, 1.165) is 0 Å². The first-order chi connectivity index (χ1) is 4.26. The summed E-state index contributed by atoms with van der Waals surface area (Å²) in [4.78, 5) is 14.3. The van der Waals surface area contributed by atoms with Gasteiger partial charge in [0.25, 0.3) is 0 Å². The smallest absolute Gasteiger partial charge is 0.178 e. The molecule has 52 valence electrons. The van der Waals surface area contributed by atoms with Crippen molar-refractivity contribution in [1.29, 1.82) is 0 Å². The number of carbonyl (C=O) groups excluding carboxylic acids is 1. The van der Waals surface area contributed by atoms with Crippen molar-refractivity contribution in [2.75, 3.05) is 13.7 Å². The van der Waals surface area contributed by atoms with Gasteiger partial charge in [0.1, 0.15) is 5.71 Å². The number of hydrogen-bond acceptors (Lipinski definition) is 3. The molecule has 0 bridgehead atoms. The van der Waals surface area contributed by atoms with Gasteiger partial charge in [-0.25, -0.2) is 0 Å². The molecule has 0 aliphatic carbocycles. The van der Waals surface area contributed by atoms with E-state index >= 15 is 0 Å². The lowest BCUT2D eigenvalue weighted by Crippen LogP contribution is -2.16. The molecule has 0 saturated carbocycles. The Hall–Kier alpha value is -0.700. The van der Waals surface area contributed by atoms with Gasteiger partial charge in [-0.15, -0.1) is 0 Å². The van der Waals surface area contributed by atoms with E-state index in [-0.39, 0.29) is 18.1 Å². The zero-order chi connectivity index (χ0) is 7.28. The van der Waals surface area contributed by atoms with Crippen LogP contribution in [-0.4, -0.2) is 30.3 Å². The van der Waals surface area contributed by atoms with Crippen LogP contribution in [0.2, 0.25) is 0 Å². The minimum absolute atomic E-state index is 0.0833. The number of Topliss-reactive ketones (excluding diaryl/α,β-unsaturated/α-hetero) is 1. The molecule has 3 heteroatoms. The summed E-state index contributed by atoms with van der Waals surface area (Å²) in [5, 5.41) is 8.48. The highest BCUT2D eigenvalue weighted by Crippen LogP contribution is 1.84. The van der Waals surface area contributed by atoms with Crippen LogP contribution >= 0.6 is 0 Å². The Labute approximate surface area is 54.4 Å². The van der Waals surface area contributed by atoms with Gasteiger partial charge in [-0.1, -0.05) is 6.92 Å². The molecule has 0 spiro atoms. The van der Waals surface area contributed by atoms with Crippen LogP contribution < -0.4 is 0 Å². The fourth-order valence-corrected chi connectivity index (χ4v) is 0.488. The van der Waals surface area contributed by atoms with Crippen molar-refractivity contribution in [1.82, 2.24) is 0 Å². The van der Waals surface area contributed by atoms with Gasteiger partial charge in [-0.3, -0.25) is 9.79 Å². The van der Waals surface area contributed by atoms with E-state index < -0.39 is 0 Å². The van der Waals surface area contributed by atoms with Crippen molar-refractivity contribution in [2.45, 2.75) is 13.3 Å². The lowest BCUT2D eigenvalue weighted by Gasteiger charge is -1.94. The second kappa shape index (κ2) is 4.21. The molecule has 0 aromatic heterocycles. The molecule has 0 atom stereocenters. The summed E-state index contributed by atoms with van der Waals surface area (Å²) in [7, 11) is 1.50. The van der Waals surface area contributed by atoms with E-state index in [1.54, 1.807) is 6.92 Å². The summed E-state index contributed by atoms with van der Waals surface area (Å²) < 4.78 is 0. The third kappa shape index (κ3) is 2.37. The number of aliphatic imine (C=N–C) groups is 1. The molecule has 0 aromatic carbocycles. The van der Waals surface area contributed by atoms with Crippen molar-refractivity contribution in [3.8, 4) is 0 Å². The fraction of sp³-hybridized carbons (Fsp3) is 0.667. The first-order valence-corrected chi connectivity index (χ1v) is 2.86. The number of aliphatic hydroxyl groups is 1. The number of hydrogen-bond donors (Lipinski definition) is 1. The van der Waals surface area contributed by atoms with Crippen LogP contribution in [0.4, 0.5) is 0 Å². The molecule has 3 nitrogen and oxygen atoms in total. The number of ketones is 1. The molecule has 0 amide bonds. The van der Waals surface area contributed by atoms with Crippen LogP contribution in [0.25, 0.3) is 0 Å². The summed E-state index contributed by atoms with van der Waals surface area (Å²) in [5.41, 5.74) is 0.262. The van der Waals surface area contributed by atoms with Gasteiger partial charge in [0.05, 0.1) is 6.61 Å². The molecular formula is C6H11NO2. The highest BCUT2D eigenvalue weighted by atomic mass is 16.3. The first-order valence-electron chi connectivity index (χ1n) is 2.86. The Morgan fingerprint density at radius 2 is 2.22 bits per heavy atom. The Bertz CT molecular complexity index is 129. The third-order valence-corrected chi connectivity index (χ3v) is 1.06. The van der Waals surface area contributed by atoms with Gasteiger partial charge in [-0.2, -0.15) is 0 Å². The van der Waals surface area contributed by atoms with Crippen LogP contribution in [0.15, 0.2) is 4.99 Å². The molecular weight excluding hydrogens is 118 g/mol. The maximum Gasteiger partial charge on any atom is 0.178 e. The summed E-state index contributed by atoms with van der Waals surface area (Å²) in [6, 6.07) is 0. The Kier molecular flexibility index (Phi) is 3.88. The standard InChI is InChI=1S/C6H11NO2/c1-3-6(9)5(4-8)7-2/h8H,3-4H2,1-2H3. The van der Waals surface area contributed by atoms with E-state index in [9.17, 15) is 4.79 Å². The summed E-state index contributed by atoms with van der Waals surface area (Å²) >= 11 is 0. The Balaban J connectivity index is 3.97. The van der Waals surface area contributed by atoms with Gasteiger partial charge >= 0.3 is 0 Å². The summed E-state index contributed by atoms with van der Waals surface area (Å²) in [6.07, 6.45) is 0.410. The van der Waals surface area contributed by atoms with E-state index in [0.29, 0.717) is 6.42 Å². The van der Waals surface area contributed by atoms with Crippen molar-refractivity contribution in [3.05, 3.63) is 0 Å². The molecule has 0 saturated heterocycles. The molecule has 0 fully saturated rings. The summed E-state index contributed by atoms with van der Waals surface area (Å²) in [5.74, 6) is -0.0833. The summed E-state index contributed by atoms with van der Waals surface area (Å²) in [6.45, 7) is 1.49. The molecule has 0 radical (unpaired) electrons. The quantitative estimate of drug-likeness (QED) is 0.546. The Morgan fingerprint density at radius 1 is 1.67 bits per heavy atom. The van der Waals surface area contributed by atoms with Crippen molar-refractivity contribution >= 4 is 11.5 Å². The predicted molar refractivity (Wildman–Crippen MR) is 35.7 cm³/mol.